The number of benzene rings is 1. The number of hydrogen-bond donors (Lipinski definition) is 1. The van der Waals surface area contributed by atoms with Crippen LogP contribution in [0.5, 0.6) is 0 Å². The maximum absolute atomic E-state index is 5.15. The summed E-state index contributed by atoms with van der Waals surface area (Å²) in [5, 5.41) is 3.50. The Morgan fingerprint density at radius 3 is 2.46 bits per heavy atom. The van der Waals surface area contributed by atoms with Crippen molar-refractivity contribution in [2.45, 2.75) is 71.3 Å². The van der Waals surface area contributed by atoms with E-state index in [0.29, 0.717) is 5.92 Å². The van der Waals surface area contributed by atoms with Crippen molar-refractivity contribution >= 4 is 11.0 Å². The first-order chi connectivity index (χ1) is 11.7. The molecule has 2 aliphatic rings. The Bertz CT molecular complexity index is 703. The van der Waals surface area contributed by atoms with Crippen LogP contribution in [-0.2, 0) is 6.54 Å². The Labute approximate surface area is 145 Å². The van der Waals surface area contributed by atoms with E-state index in [-0.39, 0.29) is 0 Å². The molecule has 0 amide bonds. The van der Waals surface area contributed by atoms with Crippen molar-refractivity contribution in [1.29, 1.82) is 0 Å². The molecule has 0 bridgehead atoms. The van der Waals surface area contributed by atoms with E-state index in [1.165, 1.54) is 86.0 Å². The largest absolute Gasteiger partial charge is 0.327 e. The van der Waals surface area contributed by atoms with Gasteiger partial charge in [0.1, 0.15) is 5.82 Å². The van der Waals surface area contributed by atoms with Crippen LogP contribution in [0, 0.1) is 19.8 Å². The lowest BCUT2D eigenvalue weighted by Gasteiger charge is -2.27. The zero-order valence-electron chi connectivity index (χ0n) is 15.3. The second-order valence-corrected chi connectivity index (χ2v) is 8.03. The van der Waals surface area contributed by atoms with Gasteiger partial charge >= 0.3 is 0 Å². The molecule has 1 saturated carbocycles. The average Bonchev–Trinajstić information content (AvgIpc) is 2.95. The van der Waals surface area contributed by atoms with Crippen LogP contribution in [0.4, 0.5) is 0 Å². The first kappa shape index (κ1) is 16.1. The van der Waals surface area contributed by atoms with Crippen molar-refractivity contribution in [3.8, 4) is 0 Å². The van der Waals surface area contributed by atoms with E-state index >= 15 is 0 Å². The highest BCUT2D eigenvalue weighted by atomic mass is 15.1. The lowest BCUT2D eigenvalue weighted by molar-refractivity contribution is 0.324. The highest BCUT2D eigenvalue weighted by Crippen LogP contribution is 2.35. The molecule has 1 aliphatic carbocycles. The molecule has 2 aromatic rings. The van der Waals surface area contributed by atoms with Gasteiger partial charge < -0.3 is 9.88 Å². The Balaban J connectivity index is 1.75. The minimum atomic E-state index is 0.675. The molecular weight excluding hydrogens is 294 g/mol. The monoisotopic (exact) mass is 325 g/mol. The maximum atomic E-state index is 5.15. The lowest BCUT2D eigenvalue weighted by atomic mass is 9.88. The van der Waals surface area contributed by atoms with Crippen LogP contribution in [0.15, 0.2) is 12.1 Å². The highest BCUT2D eigenvalue weighted by Gasteiger charge is 2.24. The van der Waals surface area contributed by atoms with E-state index < -0.39 is 0 Å². The summed E-state index contributed by atoms with van der Waals surface area (Å²) < 4.78 is 2.60. The Hall–Kier alpha value is -1.35. The van der Waals surface area contributed by atoms with Gasteiger partial charge in [0.15, 0.2) is 0 Å². The van der Waals surface area contributed by atoms with Gasteiger partial charge in [-0.15, -0.1) is 0 Å². The summed E-state index contributed by atoms with van der Waals surface area (Å²) in [5.41, 5.74) is 5.35. The molecule has 24 heavy (non-hydrogen) atoms. The van der Waals surface area contributed by atoms with Gasteiger partial charge in [0.05, 0.1) is 11.0 Å². The van der Waals surface area contributed by atoms with E-state index in [2.05, 4.69) is 35.9 Å². The number of aryl methyl sites for hydroxylation is 2. The average molecular weight is 326 g/mol. The summed E-state index contributed by atoms with van der Waals surface area (Å²) in [7, 11) is 0. The molecule has 0 unspecified atom stereocenters. The van der Waals surface area contributed by atoms with Gasteiger partial charge in [-0.1, -0.05) is 19.3 Å². The third kappa shape index (κ3) is 3.11. The molecule has 1 aromatic carbocycles. The Morgan fingerprint density at radius 2 is 1.71 bits per heavy atom. The van der Waals surface area contributed by atoms with Gasteiger partial charge in [0.25, 0.3) is 0 Å². The van der Waals surface area contributed by atoms with Crippen LogP contribution < -0.4 is 5.32 Å². The number of fused-ring (bicyclic) bond motifs is 1. The quantitative estimate of drug-likeness (QED) is 0.886. The van der Waals surface area contributed by atoms with E-state index in [1.54, 1.807) is 0 Å². The lowest BCUT2D eigenvalue weighted by Crippen LogP contribution is -2.30. The fourth-order valence-corrected chi connectivity index (χ4v) is 4.59. The van der Waals surface area contributed by atoms with Gasteiger partial charge in [0, 0.05) is 12.5 Å². The molecule has 1 saturated heterocycles. The molecule has 2 heterocycles. The number of piperidine rings is 1. The number of nitrogens with one attached hydrogen (secondary N) is 1. The predicted octanol–water partition coefficient (Wildman–Crippen LogP) is 4.70. The summed E-state index contributed by atoms with van der Waals surface area (Å²) in [6.45, 7) is 7.95. The van der Waals surface area contributed by atoms with E-state index in [1.807, 2.05) is 0 Å². The molecule has 1 N–H and O–H groups in total. The van der Waals surface area contributed by atoms with Gasteiger partial charge in [-0.2, -0.15) is 0 Å². The van der Waals surface area contributed by atoms with Crippen molar-refractivity contribution in [2.24, 2.45) is 5.92 Å². The smallest absolute Gasteiger partial charge is 0.112 e. The Kier molecular flexibility index (Phi) is 4.62. The van der Waals surface area contributed by atoms with Crippen molar-refractivity contribution in [2.75, 3.05) is 13.1 Å². The fraction of sp³-hybridized carbons (Fsp3) is 0.667. The summed E-state index contributed by atoms with van der Waals surface area (Å²) in [6.07, 6.45) is 9.41. The highest BCUT2D eigenvalue weighted by molar-refractivity contribution is 5.78. The number of nitrogens with zero attached hydrogens (tertiary/aromatic N) is 2. The van der Waals surface area contributed by atoms with Crippen LogP contribution in [0.3, 0.4) is 0 Å². The normalized spacial score (nSPS) is 20.8. The van der Waals surface area contributed by atoms with Crippen molar-refractivity contribution < 1.29 is 0 Å². The van der Waals surface area contributed by atoms with Gasteiger partial charge in [-0.25, -0.2) is 4.98 Å². The van der Waals surface area contributed by atoms with Gasteiger partial charge in [0.2, 0.25) is 0 Å². The SMILES string of the molecule is Cc1cc2nc(C3CCCCC3)n(CC3CCNCC3)c2cc1C. The van der Waals surface area contributed by atoms with E-state index in [0.717, 1.165) is 12.5 Å². The van der Waals surface area contributed by atoms with Crippen LogP contribution >= 0.6 is 0 Å². The first-order valence-corrected chi connectivity index (χ1v) is 9.90. The van der Waals surface area contributed by atoms with Gasteiger partial charge in [-0.05, 0) is 81.8 Å². The standard InChI is InChI=1S/C21H31N3/c1-15-12-19-20(13-16(15)2)24(14-17-8-10-22-11-9-17)21(23-19)18-6-4-3-5-7-18/h12-13,17-18,22H,3-11,14H2,1-2H3. The topological polar surface area (TPSA) is 29.9 Å². The second-order valence-electron chi connectivity index (χ2n) is 8.03. The molecule has 0 radical (unpaired) electrons. The number of imidazole rings is 1. The minimum absolute atomic E-state index is 0.675. The zero-order valence-corrected chi connectivity index (χ0v) is 15.3. The maximum Gasteiger partial charge on any atom is 0.112 e. The third-order valence-electron chi connectivity index (χ3n) is 6.26. The molecule has 130 valence electrons. The van der Waals surface area contributed by atoms with Crippen molar-refractivity contribution in [1.82, 2.24) is 14.9 Å². The van der Waals surface area contributed by atoms with E-state index in [9.17, 15) is 0 Å². The van der Waals surface area contributed by atoms with Crippen LogP contribution in [0.2, 0.25) is 0 Å². The van der Waals surface area contributed by atoms with Crippen molar-refractivity contribution in [3.05, 3.63) is 29.1 Å². The minimum Gasteiger partial charge on any atom is -0.327 e. The summed E-state index contributed by atoms with van der Waals surface area (Å²) >= 11 is 0. The summed E-state index contributed by atoms with van der Waals surface area (Å²) in [6, 6.07) is 4.68. The molecule has 3 heteroatoms. The Morgan fingerprint density at radius 1 is 1.00 bits per heavy atom. The molecule has 0 atom stereocenters. The molecule has 1 aromatic heterocycles. The first-order valence-electron chi connectivity index (χ1n) is 9.90. The molecular formula is C21H31N3. The van der Waals surface area contributed by atoms with Crippen LogP contribution in [-0.4, -0.2) is 22.6 Å². The summed E-state index contributed by atoms with van der Waals surface area (Å²) in [5.74, 6) is 2.86. The molecule has 0 spiro atoms. The number of rotatable bonds is 3. The zero-order chi connectivity index (χ0) is 16.5. The van der Waals surface area contributed by atoms with Gasteiger partial charge in [-0.3, -0.25) is 0 Å². The molecule has 4 rings (SSSR count). The number of aromatic nitrogens is 2. The third-order valence-corrected chi connectivity index (χ3v) is 6.26. The molecule has 2 fully saturated rings. The van der Waals surface area contributed by atoms with E-state index in [4.69, 9.17) is 4.98 Å². The van der Waals surface area contributed by atoms with Crippen LogP contribution in [0.25, 0.3) is 11.0 Å². The molecule has 3 nitrogen and oxygen atoms in total. The predicted molar refractivity (Wildman–Crippen MR) is 101 cm³/mol. The molecule has 1 aliphatic heterocycles. The number of hydrogen-bond acceptors (Lipinski definition) is 2. The van der Waals surface area contributed by atoms with Crippen LogP contribution in [0.1, 0.15) is 67.8 Å². The summed E-state index contributed by atoms with van der Waals surface area (Å²) in [4.78, 5) is 5.15. The fourth-order valence-electron chi connectivity index (χ4n) is 4.59. The second kappa shape index (κ2) is 6.87. The van der Waals surface area contributed by atoms with Crippen molar-refractivity contribution in [3.63, 3.8) is 0 Å².